The second-order valence-electron chi connectivity index (χ2n) is 8.15. The van der Waals surface area contributed by atoms with Gasteiger partial charge in [-0.15, -0.1) is 0 Å². The van der Waals surface area contributed by atoms with Crippen LogP contribution in [0.3, 0.4) is 0 Å². The largest absolute Gasteiger partial charge is 0.507 e. The maximum atomic E-state index is 13.1. The fraction of sp³-hybridized carbons (Fsp3) is 0.375. The van der Waals surface area contributed by atoms with Gasteiger partial charge in [0.25, 0.3) is 11.7 Å². The van der Waals surface area contributed by atoms with Crippen LogP contribution in [0, 0.1) is 0 Å². The van der Waals surface area contributed by atoms with Crippen molar-refractivity contribution in [3.8, 4) is 11.5 Å². The number of pyridine rings is 1. The Morgan fingerprint density at radius 1 is 1.03 bits per heavy atom. The maximum Gasteiger partial charge on any atom is 0.295 e. The number of carbonyl (C=O) groups excluding carboxylic acids is 2. The van der Waals surface area contributed by atoms with E-state index < -0.39 is 17.7 Å². The van der Waals surface area contributed by atoms with Gasteiger partial charge in [0.2, 0.25) is 6.79 Å². The molecule has 1 aromatic carbocycles. The number of Topliss-reactive ketones (excluding diaryl/α,β-unsaturated/α-hetero) is 1. The van der Waals surface area contributed by atoms with E-state index in [1.165, 1.54) is 0 Å². The summed E-state index contributed by atoms with van der Waals surface area (Å²) in [6.07, 6.45) is 3.94. The highest BCUT2D eigenvalue weighted by molar-refractivity contribution is 6.46. The topological polar surface area (TPSA) is 101 Å². The molecule has 2 saturated heterocycles. The van der Waals surface area contributed by atoms with Crippen molar-refractivity contribution in [2.45, 2.75) is 12.5 Å². The first-order valence-corrected chi connectivity index (χ1v) is 11.0. The van der Waals surface area contributed by atoms with E-state index in [0.717, 1.165) is 25.2 Å². The third-order valence-electron chi connectivity index (χ3n) is 6.18. The van der Waals surface area contributed by atoms with Crippen molar-refractivity contribution in [2.75, 3.05) is 46.2 Å². The minimum absolute atomic E-state index is 0.0661. The van der Waals surface area contributed by atoms with Crippen LogP contribution in [0.15, 0.2) is 48.3 Å². The highest BCUT2D eigenvalue weighted by Gasteiger charge is 2.45. The zero-order chi connectivity index (χ0) is 22.8. The number of carbonyl (C=O) groups is 2. The third kappa shape index (κ3) is 4.17. The average Bonchev–Trinajstić information content (AvgIpc) is 3.42. The molecule has 3 aliphatic heterocycles. The third-order valence-corrected chi connectivity index (χ3v) is 6.18. The molecule has 172 valence electrons. The lowest BCUT2D eigenvalue weighted by Gasteiger charge is -2.29. The molecule has 0 radical (unpaired) electrons. The molecule has 1 atom stereocenters. The molecular formula is C24H25N3O6. The average molecular weight is 451 g/mol. The molecule has 3 aliphatic rings. The summed E-state index contributed by atoms with van der Waals surface area (Å²) in [6, 6.07) is 7.78. The Bertz CT molecular complexity index is 1080. The van der Waals surface area contributed by atoms with Crippen LogP contribution in [0.25, 0.3) is 5.76 Å². The van der Waals surface area contributed by atoms with Crippen molar-refractivity contribution in [3.63, 3.8) is 0 Å². The predicted octanol–water partition coefficient (Wildman–Crippen LogP) is 1.95. The van der Waals surface area contributed by atoms with Crippen molar-refractivity contribution in [3.05, 3.63) is 59.4 Å². The second kappa shape index (κ2) is 9.21. The second-order valence-corrected chi connectivity index (χ2v) is 8.15. The lowest BCUT2D eigenvalue weighted by molar-refractivity contribution is -0.140. The van der Waals surface area contributed by atoms with Gasteiger partial charge in [0.15, 0.2) is 11.5 Å². The van der Waals surface area contributed by atoms with Crippen LogP contribution in [0.2, 0.25) is 0 Å². The van der Waals surface area contributed by atoms with Crippen molar-refractivity contribution in [1.29, 1.82) is 0 Å². The summed E-state index contributed by atoms with van der Waals surface area (Å²) in [6.45, 7) is 4.43. The molecule has 33 heavy (non-hydrogen) atoms. The number of rotatable bonds is 6. The van der Waals surface area contributed by atoms with E-state index in [4.69, 9.17) is 14.2 Å². The van der Waals surface area contributed by atoms with E-state index in [9.17, 15) is 14.7 Å². The number of aliphatic hydroxyl groups excluding tert-OH is 1. The number of morpholine rings is 1. The van der Waals surface area contributed by atoms with Crippen molar-refractivity contribution in [1.82, 2.24) is 14.8 Å². The Morgan fingerprint density at radius 2 is 1.79 bits per heavy atom. The zero-order valence-electron chi connectivity index (χ0n) is 18.1. The van der Waals surface area contributed by atoms with Crippen LogP contribution in [0.5, 0.6) is 11.5 Å². The first-order chi connectivity index (χ1) is 16.1. The van der Waals surface area contributed by atoms with Gasteiger partial charge in [-0.05, 0) is 42.3 Å². The Morgan fingerprint density at radius 3 is 2.58 bits per heavy atom. The van der Waals surface area contributed by atoms with Crippen LogP contribution < -0.4 is 9.47 Å². The molecule has 9 heteroatoms. The molecule has 4 heterocycles. The predicted molar refractivity (Wildman–Crippen MR) is 118 cm³/mol. The van der Waals surface area contributed by atoms with E-state index in [2.05, 4.69) is 9.88 Å². The molecule has 0 bridgehead atoms. The Labute approximate surface area is 191 Å². The van der Waals surface area contributed by atoms with Gasteiger partial charge in [-0.1, -0.05) is 0 Å². The van der Waals surface area contributed by atoms with Crippen LogP contribution in [0.1, 0.15) is 23.6 Å². The zero-order valence-corrected chi connectivity index (χ0v) is 18.1. The molecule has 1 N–H and O–H groups in total. The molecule has 9 nitrogen and oxygen atoms in total. The van der Waals surface area contributed by atoms with Gasteiger partial charge in [-0.2, -0.15) is 0 Å². The lowest BCUT2D eigenvalue weighted by Crippen LogP contribution is -2.38. The highest BCUT2D eigenvalue weighted by atomic mass is 16.7. The number of aromatic nitrogens is 1. The van der Waals surface area contributed by atoms with Gasteiger partial charge in [-0.3, -0.25) is 19.5 Å². The first kappa shape index (κ1) is 21.4. The summed E-state index contributed by atoms with van der Waals surface area (Å²) in [5.74, 6) is -0.483. The summed E-state index contributed by atoms with van der Waals surface area (Å²) in [5, 5.41) is 11.2. The fourth-order valence-electron chi connectivity index (χ4n) is 4.49. The molecule has 0 aliphatic carbocycles. The number of benzene rings is 1. The standard InChI is InChI=1S/C24H25N3O6/c28-22(17-2-3-18-19(14-17)33-15-32-18)20-21(16-4-6-25-7-5-16)27(24(30)23(20)29)9-1-8-26-10-12-31-13-11-26/h2-7,14,21,28H,1,8-13,15H2/b22-20+. The lowest BCUT2D eigenvalue weighted by atomic mass is 9.96. The quantitative estimate of drug-likeness (QED) is 0.404. The van der Waals surface area contributed by atoms with Crippen LogP contribution in [0.4, 0.5) is 0 Å². The molecule has 5 rings (SSSR count). The molecule has 0 spiro atoms. The summed E-state index contributed by atoms with van der Waals surface area (Å²) in [4.78, 5) is 34.0. The van der Waals surface area contributed by atoms with Crippen molar-refractivity contribution < 1.29 is 28.9 Å². The normalized spacial score (nSPS) is 22.2. The van der Waals surface area contributed by atoms with Crippen molar-refractivity contribution in [2.24, 2.45) is 0 Å². The van der Waals surface area contributed by atoms with Gasteiger partial charge < -0.3 is 24.2 Å². The van der Waals surface area contributed by atoms with E-state index in [-0.39, 0.29) is 18.1 Å². The minimum atomic E-state index is -0.696. The molecule has 2 fully saturated rings. The minimum Gasteiger partial charge on any atom is -0.507 e. The van der Waals surface area contributed by atoms with Crippen molar-refractivity contribution >= 4 is 17.4 Å². The highest BCUT2D eigenvalue weighted by Crippen LogP contribution is 2.41. The molecule has 1 aromatic heterocycles. The SMILES string of the molecule is O=C1C(=O)N(CCCN2CCOCC2)C(c2ccncc2)/C1=C(\O)c1ccc2c(c1)OCO2. The van der Waals surface area contributed by atoms with Gasteiger partial charge in [0.1, 0.15) is 5.76 Å². The maximum absolute atomic E-state index is 13.1. The van der Waals surface area contributed by atoms with E-state index in [1.807, 2.05) is 0 Å². The van der Waals surface area contributed by atoms with E-state index >= 15 is 0 Å². The van der Waals surface area contributed by atoms with E-state index in [1.54, 1.807) is 47.6 Å². The molecular weight excluding hydrogens is 426 g/mol. The molecule has 2 aromatic rings. The number of amides is 1. The Hall–Kier alpha value is -3.43. The molecule has 1 unspecified atom stereocenters. The van der Waals surface area contributed by atoms with Crippen LogP contribution in [-0.2, 0) is 14.3 Å². The number of nitrogens with zero attached hydrogens (tertiary/aromatic N) is 3. The van der Waals surface area contributed by atoms with Gasteiger partial charge in [-0.25, -0.2) is 0 Å². The Balaban J connectivity index is 1.46. The number of aliphatic hydroxyl groups is 1. The molecule has 0 saturated carbocycles. The number of fused-ring (bicyclic) bond motifs is 1. The number of hydrogen-bond donors (Lipinski definition) is 1. The summed E-state index contributed by atoms with van der Waals surface area (Å²) < 4.78 is 16.1. The van der Waals surface area contributed by atoms with Gasteiger partial charge >= 0.3 is 0 Å². The Kier molecular flexibility index (Phi) is 5.97. The smallest absolute Gasteiger partial charge is 0.295 e. The monoisotopic (exact) mass is 451 g/mol. The number of ether oxygens (including phenoxy) is 3. The van der Waals surface area contributed by atoms with E-state index in [0.29, 0.717) is 43.2 Å². The number of ketones is 1. The van der Waals surface area contributed by atoms with Gasteiger partial charge in [0, 0.05) is 44.1 Å². The summed E-state index contributed by atoms with van der Waals surface area (Å²) in [7, 11) is 0. The summed E-state index contributed by atoms with van der Waals surface area (Å²) in [5.41, 5.74) is 1.18. The van der Waals surface area contributed by atoms with Crippen LogP contribution in [-0.4, -0.2) is 77.8 Å². The number of hydrogen-bond acceptors (Lipinski definition) is 8. The fourth-order valence-corrected chi connectivity index (χ4v) is 4.49. The first-order valence-electron chi connectivity index (χ1n) is 11.0. The van der Waals surface area contributed by atoms with Gasteiger partial charge in [0.05, 0.1) is 24.8 Å². The molecule has 1 amide bonds. The number of likely N-dealkylation sites (tertiary alicyclic amines) is 1. The van der Waals surface area contributed by atoms with Crippen LogP contribution >= 0.6 is 0 Å². The summed E-state index contributed by atoms with van der Waals surface area (Å²) >= 11 is 0.